The van der Waals surface area contributed by atoms with E-state index in [0.29, 0.717) is 11.7 Å². The molecule has 0 fully saturated rings. The van der Waals surface area contributed by atoms with Crippen LogP contribution >= 0.6 is 0 Å². The van der Waals surface area contributed by atoms with Crippen LogP contribution in [0.25, 0.3) is 5.76 Å². The first-order valence-electron chi connectivity index (χ1n) is 6.26. The number of allylic oxidation sites excluding steroid dienone is 1. The molecule has 96 valence electrons. The van der Waals surface area contributed by atoms with E-state index in [4.69, 9.17) is 10.5 Å². The lowest BCUT2D eigenvalue weighted by atomic mass is 9.99. The Morgan fingerprint density at radius 3 is 2.78 bits per heavy atom. The van der Waals surface area contributed by atoms with E-state index >= 15 is 0 Å². The van der Waals surface area contributed by atoms with E-state index in [0.717, 1.165) is 24.0 Å². The van der Waals surface area contributed by atoms with Crippen LogP contribution in [-0.2, 0) is 17.6 Å². The van der Waals surface area contributed by atoms with Gasteiger partial charge in [-0.15, -0.1) is 0 Å². The van der Waals surface area contributed by atoms with Gasteiger partial charge in [0.25, 0.3) is 0 Å². The summed E-state index contributed by atoms with van der Waals surface area (Å²) in [5.74, 6) is 1.25. The molecule has 0 spiro atoms. The molecule has 3 heteroatoms. The average Bonchev–Trinajstić information content (AvgIpc) is 2.54. The predicted octanol–water partition coefficient (Wildman–Crippen LogP) is 3.27. The second-order valence-electron chi connectivity index (χ2n) is 5.30. The summed E-state index contributed by atoms with van der Waals surface area (Å²) >= 11 is 0. The number of benzene rings is 1. The van der Waals surface area contributed by atoms with Crippen molar-refractivity contribution in [1.82, 2.24) is 0 Å². The van der Waals surface area contributed by atoms with Crippen molar-refractivity contribution in [3.05, 3.63) is 40.5 Å². The Labute approximate surface area is 108 Å². The van der Waals surface area contributed by atoms with Gasteiger partial charge in [0.1, 0.15) is 5.76 Å². The highest BCUT2D eigenvalue weighted by atomic mass is 16.5. The molecule has 2 N–H and O–H groups in total. The van der Waals surface area contributed by atoms with Crippen LogP contribution in [0.4, 0.5) is 4.79 Å². The van der Waals surface area contributed by atoms with Gasteiger partial charge in [-0.2, -0.15) is 0 Å². The van der Waals surface area contributed by atoms with Gasteiger partial charge in [0, 0.05) is 5.56 Å². The molecular weight excluding hydrogens is 226 g/mol. The zero-order chi connectivity index (χ0) is 13.3. The molecule has 18 heavy (non-hydrogen) atoms. The van der Waals surface area contributed by atoms with Gasteiger partial charge < -0.3 is 10.5 Å². The van der Waals surface area contributed by atoms with Crippen LogP contribution in [0.1, 0.15) is 37.5 Å². The largest absolute Gasteiger partial charge is 0.410 e. The molecule has 0 saturated carbocycles. The maximum absolute atomic E-state index is 10.9. The topological polar surface area (TPSA) is 52.3 Å². The summed E-state index contributed by atoms with van der Waals surface area (Å²) in [7, 11) is 0. The van der Waals surface area contributed by atoms with E-state index in [1.807, 2.05) is 6.92 Å². The quantitative estimate of drug-likeness (QED) is 0.888. The van der Waals surface area contributed by atoms with Gasteiger partial charge in [-0.05, 0) is 48.4 Å². The normalized spacial score (nSPS) is 14.0. The van der Waals surface area contributed by atoms with Gasteiger partial charge in [0.05, 0.1) is 0 Å². The first-order valence-corrected chi connectivity index (χ1v) is 6.26. The van der Waals surface area contributed by atoms with E-state index in [9.17, 15) is 4.79 Å². The number of amides is 1. The molecule has 1 aromatic carbocycles. The number of carbonyl (C=O) groups excluding carboxylic acids is 1. The molecule has 0 unspecified atom stereocenters. The van der Waals surface area contributed by atoms with Crippen LogP contribution in [0.5, 0.6) is 0 Å². The van der Waals surface area contributed by atoms with Crippen LogP contribution in [0.2, 0.25) is 0 Å². The SMILES string of the molecule is CC1=C(OC(N)=O)c2cc(CC(C)C)ccc2C1. The van der Waals surface area contributed by atoms with Crippen molar-refractivity contribution in [2.24, 2.45) is 11.7 Å². The molecule has 1 aliphatic rings. The fraction of sp³-hybridized carbons (Fsp3) is 0.400. The Balaban J connectivity index is 2.34. The van der Waals surface area contributed by atoms with Gasteiger partial charge in [0.2, 0.25) is 0 Å². The van der Waals surface area contributed by atoms with Crippen molar-refractivity contribution >= 4 is 11.9 Å². The smallest absolute Gasteiger partial charge is 0.409 e. The van der Waals surface area contributed by atoms with Crippen molar-refractivity contribution in [2.75, 3.05) is 0 Å². The minimum Gasteiger partial charge on any atom is -0.410 e. The molecule has 0 atom stereocenters. The van der Waals surface area contributed by atoms with Gasteiger partial charge in [-0.1, -0.05) is 26.0 Å². The maximum atomic E-state index is 10.9. The number of ether oxygens (including phenoxy) is 1. The molecule has 0 radical (unpaired) electrons. The average molecular weight is 245 g/mol. The first kappa shape index (κ1) is 12.7. The molecular formula is C15H19NO2. The molecule has 0 aliphatic heterocycles. The second kappa shape index (κ2) is 4.84. The molecule has 0 aromatic heterocycles. The minimum atomic E-state index is -0.744. The zero-order valence-corrected chi connectivity index (χ0v) is 11.1. The van der Waals surface area contributed by atoms with Crippen molar-refractivity contribution < 1.29 is 9.53 Å². The van der Waals surface area contributed by atoms with E-state index in [1.165, 1.54) is 11.1 Å². The summed E-state index contributed by atoms with van der Waals surface area (Å²) in [5.41, 5.74) is 9.67. The molecule has 3 nitrogen and oxygen atoms in total. The van der Waals surface area contributed by atoms with Gasteiger partial charge in [-0.3, -0.25) is 0 Å². The number of primary amides is 1. The number of rotatable bonds is 3. The minimum absolute atomic E-state index is 0.607. The number of hydrogen-bond donors (Lipinski definition) is 1. The fourth-order valence-corrected chi connectivity index (χ4v) is 2.43. The third kappa shape index (κ3) is 2.55. The van der Waals surface area contributed by atoms with Crippen molar-refractivity contribution in [3.63, 3.8) is 0 Å². The molecule has 1 amide bonds. The first-order chi connectivity index (χ1) is 8.47. The summed E-state index contributed by atoms with van der Waals surface area (Å²) in [6, 6.07) is 6.39. The van der Waals surface area contributed by atoms with Crippen LogP contribution < -0.4 is 5.73 Å². The van der Waals surface area contributed by atoms with Crippen LogP contribution in [0.3, 0.4) is 0 Å². The molecule has 1 aromatic rings. The highest BCUT2D eigenvalue weighted by Gasteiger charge is 2.22. The number of carbonyl (C=O) groups is 1. The number of fused-ring (bicyclic) bond motifs is 1. The molecule has 0 bridgehead atoms. The van der Waals surface area contributed by atoms with Gasteiger partial charge >= 0.3 is 6.09 Å². The van der Waals surface area contributed by atoms with Crippen molar-refractivity contribution in [1.29, 1.82) is 0 Å². The molecule has 2 rings (SSSR count). The van der Waals surface area contributed by atoms with Crippen LogP contribution in [0.15, 0.2) is 23.8 Å². The highest BCUT2D eigenvalue weighted by Crippen LogP contribution is 2.34. The van der Waals surface area contributed by atoms with Crippen LogP contribution in [-0.4, -0.2) is 6.09 Å². The van der Waals surface area contributed by atoms with Crippen molar-refractivity contribution in [3.8, 4) is 0 Å². The lowest BCUT2D eigenvalue weighted by molar-refractivity contribution is 0.202. The fourth-order valence-electron chi connectivity index (χ4n) is 2.43. The van der Waals surface area contributed by atoms with Gasteiger partial charge in [-0.25, -0.2) is 4.79 Å². The summed E-state index contributed by atoms with van der Waals surface area (Å²) in [6.45, 7) is 6.35. The maximum Gasteiger partial charge on any atom is 0.409 e. The lowest BCUT2D eigenvalue weighted by Gasteiger charge is -2.09. The van der Waals surface area contributed by atoms with E-state index in [-0.39, 0.29) is 0 Å². The lowest BCUT2D eigenvalue weighted by Crippen LogP contribution is -2.12. The Bertz CT molecular complexity index is 515. The van der Waals surface area contributed by atoms with E-state index in [2.05, 4.69) is 32.0 Å². The Morgan fingerprint density at radius 1 is 1.44 bits per heavy atom. The molecule has 0 saturated heterocycles. The van der Waals surface area contributed by atoms with E-state index in [1.54, 1.807) is 0 Å². The summed E-state index contributed by atoms with van der Waals surface area (Å²) in [6.07, 6.45) is 1.11. The van der Waals surface area contributed by atoms with Crippen LogP contribution in [0, 0.1) is 5.92 Å². The second-order valence-corrected chi connectivity index (χ2v) is 5.30. The molecule has 0 heterocycles. The summed E-state index contributed by atoms with van der Waals surface area (Å²) in [5, 5.41) is 0. The zero-order valence-electron chi connectivity index (χ0n) is 11.1. The standard InChI is InChI=1S/C15H19NO2/c1-9(2)6-11-4-5-12-7-10(3)14(13(12)8-11)18-15(16)17/h4-5,8-9H,6-7H2,1-3H3,(H2,16,17). The predicted molar refractivity (Wildman–Crippen MR) is 72.0 cm³/mol. The number of hydrogen-bond acceptors (Lipinski definition) is 2. The highest BCUT2D eigenvalue weighted by molar-refractivity contribution is 5.80. The third-order valence-corrected chi connectivity index (χ3v) is 3.11. The Kier molecular flexibility index (Phi) is 3.41. The Morgan fingerprint density at radius 2 is 2.17 bits per heavy atom. The van der Waals surface area contributed by atoms with Crippen molar-refractivity contribution in [2.45, 2.75) is 33.6 Å². The summed E-state index contributed by atoms with van der Waals surface area (Å²) in [4.78, 5) is 10.9. The number of nitrogens with two attached hydrogens (primary N) is 1. The molecule has 1 aliphatic carbocycles. The summed E-state index contributed by atoms with van der Waals surface area (Å²) < 4.78 is 5.13. The van der Waals surface area contributed by atoms with Gasteiger partial charge in [0.15, 0.2) is 0 Å². The Hall–Kier alpha value is -1.77. The van der Waals surface area contributed by atoms with E-state index < -0.39 is 6.09 Å². The third-order valence-electron chi connectivity index (χ3n) is 3.11. The monoisotopic (exact) mass is 245 g/mol.